The highest BCUT2D eigenvalue weighted by atomic mass is 19.1. The smallest absolute Gasteiger partial charge is 0.0858 e. The average molecular weight is 158 g/mol. The van der Waals surface area contributed by atoms with Gasteiger partial charge in [-0.1, -0.05) is 26.7 Å². The Morgan fingerprint density at radius 3 is 1.82 bits per heavy atom. The molecule has 0 aliphatic heterocycles. The van der Waals surface area contributed by atoms with Gasteiger partial charge in [0, 0.05) is 0 Å². The van der Waals surface area contributed by atoms with Gasteiger partial charge in [-0.3, -0.25) is 0 Å². The second-order valence-electron chi connectivity index (χ2n) is 2.97. The van der Waals surface area contributed by atoms with E-state index in [9.17, 15) is 4.39 Å². The number of halogens is 1. The van der Waals surface area contributed by atoms with Crippen molar-refractivity contribution in [2.24, 2.45) is 0 Å². The number of hydrogen-bond donors (Lipinski definition) is 0. The van der Waals surface area contributed by atoms with Gasteiger partial charge in [0.2, 0.25) is 0 Å². The molecule has 1 heteroatoms. The minimum Gasteiger partial charge on any atom is -0.216 e. The molecule has 0 aromatic heterocycles. The molecular weight excluding hydrogens is 139 g/mol. The molecule has 0 radical (unpaired) electrons. The molecule has 0 bridgehead atoms. The predicted octanol–water partition coefficient (Wildman–Crippen LogP) is 4.22. The van der Waals surface area contributed by atoms with Crippen LogP contribution in [-0.4, -0.2) is 0 Å². The van der Waals surface area contributed by atoms with Crippen LogP contribution in [0.3, 0.4) is 0 Å². The maximum atomic E-state index is 12.1. The van der Waals surface area contributed by atoms with Gasteiger partial charge in [0.05, 0.1) is 6.33 Å². The summed E-state index contributed by atoms with van der Waals surface area (Å²) in [5.41, 5.74) is 0.994. The van der Waals surface area contributed by atoms with E-state index < -0.39 is 0 Å². The van der Waals surface area contributed by atoms with Crippen molar-refractivity contribution in [3.05, 3.63) is 11.9 Å². The van der Waals surface area contributed by atoms with Crippen molar-refractivity contribution in [1.29, 1.82) is 0 Å². The van der Waals surface area contributed by atoms with Crippen molar-refractivity contribution in [1.82, 2.24) is 0 Å². The largest absolute Gasteiger partial charge is 0.216 e. The quantitative estimate of drug-likeness (QED) is 0.543. The van der Waals surface area contributed by atoms with Crippen molar-refractivity contribution < 1.29 is 4.39 Å². The Bertz CT molecular complexity index is 95.4. The van der Waals surface area contributed by atoms with Gasteiger partial charge in [-0.05, 0) is 31.3 Å². The van der Waals surface area contributed by atoms with Crippen LogP contribution in [0, 0.1) is 0 Å². The summed E-state index contributed by atoms with van der Waals surface area (Å²) in [4.78, 5) is 0. The molecule has 0 rings (SSSR count). The minimum absolute atomic E-state index is 0.797. The van der Waals surface area contributed by atoms with Gasteiger partial charge in [-0.25, -0.2) is 4.39 Å². The molecule has 0 fully saturated rings. The Hall–Kier alpha value is -0.330. The molecule has 0 aromatic rings. The predicted molar refractivity (Wildman–Crippen MR) is 48.2 cm³/mol. The zero-order valence-electron chi connectivity index (χ0n) is 7.70. The fraction of sp³-hybridized carbons (Fsp3) is 0.800. The summed E-state index contributed by atoms with van der Waals surface area (Å²) in [5, 5.41) is 0. The fourth-order valence-electron chi connectivity index (χ4n) is 1.04. The van der Waals surface area contributed by atoms with Gasteiger partial charge >= 0.3 is 0 Å². The molecule has 0 heterocycles. The first kappa shape index (κ1) is 10.7. The van der Waals surface area contributed by atoms with E-state index in [4.69, 9.17) is 0 Å². The molecule has 0 aromatic carbocycles. The molecule has 0 atom stereocenters. The van der Waals surface area contributed by atoms with Crippen LogP contribution in [0.2, 0.25) is 0 Å². The molecular formula is C10H19F. The first-order chi connectivity index (χ1) is 5.35. The second kappa shape index (κ2) is 7.77. The van der Waals surface area contributed by atoms with E-state index in [-0.39, 0.29) is 0 Å². The molecule has 0 aliphatic carbocycles. The van der Waals surface area contributed by atoms with E-state index in [1.807, 2.05) is 0 Å². The summed E-state index contributed by atoms with van der Waals surface area (Å²) in [6, 6.07) is 0. The molecule has 0 saturated carbocycles. The fourth-order valence-corrected chi connectivity index (χ4v) is 1.04. The highest BCUT2D eigenvalue weighted by Gasteiger charge is 1.95. The van der Waals surface area contributed by atoms with Crippen LogP contribution < -0.4 is 0 Å². The van der Waals surface area contributed by atoms with Crippen molar-refractivity contribution in [3.63, 3.8) is 0 Å². The van der Waals surface area contributed by atoms with Crippen LogP contribution in [0.5, 0.6) is 0 Å². The van der Waals surface area contributed by atoms with E-state index in [1.54, 1.807) is 0 Å². The Morgan fingerprint density at radius 1 is 1.09 bits per heavy atom. The summed E-state index contributed by atoms with van der Waals surface area (Å²) in [5.74, 6) is 0. The maximum absolute atomic E-state index is 12.1. The van der Waals surface area contributed by atoms with E-state index in [2.05, 4.69) is 13.8 Å². The highest BCUT2D eigenvalue weighted by molar-refractivity contribution is 4.96. The number of rotatable bonds is 6. The van der Waals surface area contributed by atoms with Crippen molar-refractivity contribution >= 4 is 0 Å². The number of unbranched alkanes of at least 4 members (excludes halogenated alkanes) is 2. The lowest BCUT2D eigenvalue weighted by Crippen LogP contribution is -1.83. The molecule has 0 spiro atoms. The Morgan fingerprint density at radius 2 is 1.55 bits per heavy atom. The van der Waals surface area contributed by atoms with E-state index in [0.717, 1.165) is 50.4 Å². The first-order valence-electron chi connectivity index (χ1n) is 4.63. The van der Waals surface area contributed by atoms with Crippen molar-refractivity contribution in [2.75, 3.05) is 0 Å². The topological polar surface area (TPSA) is 0 Å². The van der Waals surface area contributed by atoms with Crippen molar-refractivity contribution in [3.8, 4) is 0 Å². The zero-order chi connectivity index (χ0) is 8.53. The van der Waals surface area contributed by atoms with E-state index in [0.29, 0.717) is 0 Å². The van der Waals surface area contributed by atoms with Crippen LogP contribution in [0.4, 0.5) is 4.39 Å². The minimum atomic E-state index is 0.797. The van der Waals surface area contributed by atoms with Gasteiger partial charge in [-0.15, -0.1) is 0 Å². The van der Waals surface area contributed by atoms with E-state index in [1.165, 1.54) is 0 Å². The van der Waals surface area contributed by atoms with Gasteiger partial charge < -0.3 is 0 Å². The Labute approximate surface area is 69.5 Å². The standard InChI is InChI=1S/C10H19F/c1-3-5-7-10(9-11)8-6-4-2/h9H,3-8H2,1-2H3. The lowest BCUT2D eigenvalue weighted by molar-refractivity contribution is 0.650. The van der Waals surface area contributed by atoms with Gasteiger partial charge in [0.25, 0.3) is 0 Å². The normalized spacial score (nSPS) is 9.73. The van der Waals surface area contributed by atoms with E-state index >= 15 is 0 Å². The molecule has 66 valence electrons. The molecule has 0 nitrogen and oxygen atoms in total. The zero-order valence-corrected chi connectivity index (χ0v) is 7.70. The van der Waals surface area contributed by atoms with Crippen LogP contribution in [0.25, 0.3) is 0 Å². The number of hydrogen-bond acceptors (Lipinski definition) is 0. The summed E-state index contributed by atoms with van der Waals surface area (Å²) in [7, 11) is 0. The van der Waals surface area contributed by atoms with Crippen LogP contribution in [0.15, 0.2) is 11.9 Å². The monoisotopic (exact) mass is 158 g/mol. The third-order valence-corrected chi connectivity index (χ3v) is 1.86. The third kappa shape index (κ3) is 6.08. The summed E-state index contributed by atoms with van der Waals surface area (Å²) in [6.07, 6.45) is 7.26. The number of allylic oxidation sites excluding steroid dienone is 1. The lowest BCUT2D eigenvalue weighted by Gasteiger charge is -2.02. The molecule has 0 saturated heterocycles. The first-order valence-corrected chi connectivity index (χ1v) is 4.63. The summed E-state index contributed by atoms with van der Waals surface area (Å²) < 4.78 is 12.1. The molecule has 11 heavy (non-hydrogen) atoms. The Balaban J connectivity index is 3.43. The highest BCUT2D eigenvalue weighted by Crippen LogP contribution is 2.14. The van der Waals surface area contributed by atoms with Gasteiger partial charge in [0.1, 0.15) is 0 Å². The van der Waals surface area contributed by atoms with Crippen LogP contribution in [0.1, 0.15) is 52.4 Å². The average Bonchev–Trinajstić information content (AvgIpc) is 2.05. The van der Waals surface area contributed by atoms with Gasteiger partial charge in [0.15, 0.2) is 0 Å². The third-order valence-electron chi connectivity index (χ3n) is 1.86. The van der Waals surface area contributed by atoms with Crippen LogP contribution >= 0.6 is 0 Å². The van der Waals surface area contributed by atoms with Crippen LogP contribution in [-0.2, 0) is 0 Å². The molecule has 0 unspecified atom stereocenters. The SMILES string of the molecule is CCCCC(=CF)CCCC. The lowest BCUT2D eigenvalue weighted by atomic mass is 10.0. The summed E-state index contributed by atoms with van der Waals surface area (Å²) in [6.45, 7) is 4.27. The molecule has 0 amide bonds. The maximum Gasteiger partial charge on any atom is 0.0858 e. The summed E-state index contributed by atoms with van der Waals surface area (Å²) >= 11 is 0. The van der Waals surface area contributed by atoms with Crippen molar-refractivity contribution in [2.45, 2.75) is 52.4 Å². The molecule has 0 aliphatic rings. The van der Waals surface area contributed by atoms with Gasteiger partial charge in [-0.2, -0.15) is 0 Å². The second-order valence-corrected chi connectivity index (χ2v) is 2.97. The molecule has 0 N–H and O–H groups in total. The Kier molecular flexibility index (Phi) is 7.54.